The lowest BCUT2D eigenvalue weighted by atomic mass is 10.1. The monoisotopic (exact) mass is 200 g/mol. The Hall–Kier alpha value is -1.37. The smallest absolute Gasteiger partial charge is 0.196 e. The fraction of sp³-hybridized carbons (Fsp3) is 0.357. The highest BCUT2D eigenvalue weighted by atomic mass is 15.0. The van der Waals surface area contributed by atoms with Crippen LogP contribution in [0.1, 0.15) is 24.6 Å². The van der Waals surface area contributed by atoms with Crippen LogP contribution in [0.25, 0.3) is 10.9 Å². The van der Waals surface area contributed by atoms with E-state index < -0.39 is 0 Å². The fourth-order valence-electron chi connectivity index (χ4n) is 2.04. The Balaban J connectivity index is 2.72. The Morgan fingerprint density at radius 3 is 2.53 bits per heavy atom. The summed E-state index contributed by atoms with van der Waals surface area (Å²) in [5, 5.41) is 1.33. The van der Waals surface area contributed by atoms with E-state index in [1.165, 1.54) is 28.6 Å². The molecule has 2 aromatic rings. The van der Waals surface area contributed by atoms with Crippen molar-refractivity contribution in [3.63, 3.8) is 0 Å². The zero-order chi connectivity index (χ0) is 10.8. The Labute approximate surface area is 91.4 Å². The third-order valence-corrected chi connectivity index (χ3v) is 2.85. The van der Waals surface area contributed by atoms with E-state index in [1.807, 2.05) is 0 Å². The molecule has 1 heteroatoms. The van der Waals surface area contributed by atoms with Crippen molar-refractivity contribution in [3.05, 3.63) is 41.6 Å². The third-order valence-electron chi connectivity index (χ3n) is 2.85. The molecule has 0 amide bonds. The molecule has 0 aliphatic rings. The van der Waals surface area contributed by atoms with Crippen molar-refractivity contribution in [1.29, 1.82) is 0 Å². The molecule has 0 spiro atoms. The number of hydrogen-bond donors (Lipinski definition) is 0. The van der Waals surface area contributed by atoms with E-state index >= 15 is 0 Å². The standard InChI is InChI=1S/C14H18N/c1-4-9-15-12(3)6-8-13-7-5-11(2)10-14(13)15/h5-8,10H,4,9H2,1-3H3/q+1. The number of hydrogen-bond acceptors (Lipinski definition) is 0. The van der Waals surface area contributed by atoms with Gasteiger partial charge in [0, 0.05) is 30.9 Å². The molecule has 0 fully saturated rings. The lowest BCUT2D eigenvalue weighted by molar-refractivity contribution is -0.677. The predicted octanol–water partition coefficient (Wildman–Crippen LogP) is 3.15. The van der Waals surface area contributed by atoms with Crippen molar-refractivity contribution >= 4 is 10.9 Å². The third kappa shape index (κ3) is 1.87. The van der Waals surface area contributed by atoms with E-state index in [-0.39, 0.29) is 0 Å². The molecule has 0 bridgehead atoms. The van der Waals surface area contributed by atoms with Gasteiger partial charge in [-0.15, -0.1) is 0 Å². The van der Waals surface area contributed by atoms with E-state index in [9.17, 15) is 0 Å². The maximum atomic E-state index is 2.41. The first-order chi connectivity index (χ1) is 7.22. The quantitative estimate of drug-likeness (QED) is 0.656. The van der Waals surface area contributed by atoms with Gasteiger partial charge in [-0.05, 0) is 24.6 Å². The minimum Gasteiger partial charge on any atom is -0.196 e. The number of fused-ring (bicyclic) bond motifs is 1. The van der Waals surface area contributed by atoms with Crippen LogP contribution in [-0.4, -0.2) is 0 Å². The molecule has 2 rings (SSSR count). The number of pyridine rings is 1. The van der Waals surface area contributed by atoms with Crippen molar-refractivity contribution < 1.29 is 4.57 Å². The van der Waals surface area contributed by atoms with Gasteiger partial charge in [0.2, 0.25) is 5.52 Å². The average Bonchev–Trinajstić information content (AvgIpc) is 2.23. The summed E-state index contributed by atoms with van der Waals surface area (Å²) in [6, 6.07) is 11.1. The molecule has 1 aromatic heterocycles. The van der Waals surface area contributed by atoms with Gasteiger partial charge in [-0.3, -0.25) is 0 Å². The van der Waals surface area contributed by atoms with Gasteiger partial charge < -0.3 is 0 Å². The van der Waals surface area contributed by atoms with Gasteiger partial charge in [0.1, 0.15) is 6.54 Å². The highest BCUT2D eigenvalue weighted by Crippen LogP contribution is 2.13. The van der Waals surface area contributed by atoms with Crippen LogP contribution in [0.4, 0.5) is 0 Å². The molecule has 0 N–H and O–H groups in total. The van der Waals surface area contributed by atoms with Crippen LogP contribution in [0.2, 0.25) is 0 Å². The second-order valence-electron chi connectivity index (χ2n) is 4.19. The van der Waals surface area contributed by atoms with E-state index in [0.717, 1.165) is 6.54 Å². The molecule has 78 valence electrons. The van der Waals surface area contributed by atoms with Gasteiger partial charge in [0.05, 0.1) is 0 Å². The highest BCUT2D eigenvalue weighted by molar-refractivity contribution is 5.76. The summed E-state index contributed by atoms with van der Waals surface area (Å²) in [6.45, 7) is 7.66. The summed E-state index contributed by atoms with van der Waals surface area (Å²) >= 11 is 0. The second kappa shape index (κ2) is 4.01. The highest BCUT2D eigenvalue weighted by Gasteiger charge is 2.10. The minimum absolute atomic E-state index is 1.10. The summed E-state index contributed by atoms with van der Waals surface area (Å²) < 4.78 is 2.41. The van der Waals surface area contributed by atoms with Gasteiger partial charge in [-0.1, -0.05) is 13.0 Å². The topological polar surface area (TPSA) is 3.88 Å². The van der Waals surface area contributed by atoms with E-state index in [0.29, 0.717) is 0 Å². The number of nitrogens with zero attached hydrogens (tertiary/aromatic N) is 1. The molecule has 1 aromatic carbocycles. The first kappa shape index (κ1) is 10.2. The lowest BCUT2D eigenvalue weighted by Gasteiger charge is -2.04. The molecule has 0 aliphatic carbocycles. The molecule has 1 heterocycles. The number of aromatic nitrogens is 1. The summed E-state index contributed by atoms with van der Waals surface area (Å²) in [7, 11) is 0. The van der Waals surface area contributed by atoms with E-state index in [4.69, 9.17) is 0 Å². The molecule has 0 saturated carbocycles. The van der Waals surface area contributed by atoms with E-state index in [1.54, 1.807) is 0 Å². The summed E-state index contributed by atoms with van der Waals surface area (Å²) in [5.41, 5.74) is 4.03. The first-order valence-electron chi connectivity index (χ1n) is 5.62. The van der Waals surface area contributed by atoms with Crippen LogP contribution in [0, 0.1) is 13.8 Å². The minimum atomic E-state index is 1.10. The number of aryl methyl sites for hydroxylation is 3. The molecular formula is C14H18N+. The van der Waals surface area contributed by atoms with Gasteiger partial charge >= 0.3 is 0 Å². The SMILES string of the molecule is CCC[n+]1c(C)ccc2ccc(C)cc21. The Morgan fingerprint density at radius 1 is 1.07 bits per heavy atom. The molecule has 0 aliphatic heterocycles. The first-order valence-corrected chi connectivity index (χ1v) is 5.62. The Kier molecular flexibility index (Phi) is 2.72. The van der Waals surface area contributed by atoms with E-state index in [2.05, 4.69) is 55.7 Å². The molecule has 0 saturated heterocycles. The van der Waals surface area contributed by atoms with Crippen molar-refractivity contribution in [2.75, 3.05) is 0 Å². The fourth-order valence-corrected chi connectivity index (χ4v) is 2.04. The van der Waals surface area contributed by atoms with Gasteiger partial charge in [0.25, 0.3) is 0 Å². The number of benzene rings is 1. The van der Waals surface area contributed by atoms with Crippen LogP contribution in [0.5, 0.6) is 0 Å². The largest absolute Gasteiger partial charge is 0.212 e. The summed E-state index contributed by atoms with van der Waals surface area (Å²) in [6.07, 6.45) is 1.18. The summed E-state index contributed by atoms with van der Waals surface area (Å²) in [5.74, 6) is 0. The maximum Gasteiger partial charge on any atom is 0.212 e. The van der Waals surface area contributed by atoms with Crippen LogP contribution in [-0.2, 0) is 6.54 Å². The zero-order valence-electron chi connectivity index (χ0n) is 9.75. The van der Waals surface area contributed by atoms with Crippen molar-refractivity contribution in [2.24, 2.45) is 0 Å². The lowest BCUT2D eigenvalue weighted by Crippen LogP contribution is -2.37. The van der Waals surface area contributed by atoms with Gasteiger partial charge in [0.15, 0.2) is 5.69 Å². The van der Waals surface area contributed by atoms with Crippen molar-refractivity contribution in [3.8, 4) is 0 Å². The molecule has 0 unspecified atom stereocenters. The summed E-state index contributed by atoms with van der Waals surface area (Å²) in [4.78, 5) is 0. The Morgan fingerprint density at radius 2 is 1.80 bits per heavy atom. The normalized spacial score (nSPS) is 10.9. The van der Waals surface area contributed by atoms with Crippen LogP contribution in [0.3, 0.4) is 0 Å². The predicted molar refractivity (Wildman–Crippen MR) is 63.9 cm³/mol. The molecule has 15 heavy (non-hydrogen) atoms. The van der Waals surface area contributed by atoms with Gasteiger partial charge in [-0.2, -0.15) is 4.57 Å². The average molecular weight is 200 g/mol. The zero-order valence-corrected chi connectivity index (χ0v) is 9.75. The van der Waals surface area contributed by atoms with Crippen molar-refractivity contribution in [2.45, 2.75) is 33.7 Å². The number of rotatable bonds is 2. The van der Waals surface area contributed by atoms with Crippen LogP contribution < -0.4 is 4.57 Å². The Bertz CT molecular complexity index is 481. The molecule has 0 atom stereocenters. The molecule has 0 radical (unpaired) electrons. The van der Waals surface area contributed by atoms with Gasteiger partial charge in [-0.25, -0.2) is 0 Å². The van der Waals surface area contributed by atoms with Crippen molar-refractivity contribution in [1.82, 2.24) is 0 Å². The molecule has 1 nitrogen and oxygen atoms in total. The molecular weight excluding hydrogens is 182 g/mol. The van der Waals surface area contributed by atoms with Crippen LogP contribution in [0.15, 0.2) is 30.3 Å². The maximum absolute atomic E-state index is 2.41. The second-order valence-corrected chi connectivity index (χ2v) is 4.19. The van der Waals surface area contributed by atoms with Crippen LogP contribution >= 0.6 is 0 Å².